The largest absolute Gasteiger partial charge is 0.494 e. The van der Waals surface area contributed by atoms with Crippen LogP contribution in [0.15, 0.2) is 30.5 Å². The fraction of sp³-hybridized carbons (Fsp3) is 0.333. The molecule has 0 spiro atoms. The molecule has 0 fully saturated rings. The lowest BCUT2D eigenvalue weighted by molar-refractivity contribution is -0.107. The molecule has 3 rings (SSSR count). The maximum atomic E-state index is 12.5. The van der Waals surface area contributed by atoms with Crippen molar-refractivity contribution in [1.29, 1.82) is 0 Å². The number of fused-ring (bicyclic) bond motifs is 1. The molecule has 3 aromatic rings. The fourth-order valence-electron chi connectivity index (χ4n) is 3.30. The second-order valence-electron chi connectivity index (χ2n) is 7.66. The first-order valence-electron chi connectivity index (χ1n) is 9.45. The molecular weight excluding hydrogens is 408 g/mol. The van der Waals surface area contributed by atoms with Gasteiger partial charge in [-0.15, -0.1) is 0 Å². The molecule has 0 bridgehead atoms. The lowest BCUT2D eigenvalue weighted by Crippen LogP contribution is -2.30. The lowest BCUT2D eigenvalue weighted by Gasteiger charge is -2.30. The number of anilines is 2. The van der Waals surface area contributed by atoms with Crippen molar-refractivity contribution in [2.45, 2.75) is 39.5 Å². The normalized spacial score (nSPS) is 11.5. The topological polar surface area (TPSA) is 97.0 Å². The molecule has 0 aliphatic heterocycles. The molecule has 0 saturated carbocycles. The highest BCUT2D eigenvalue weighted by atomic mass is 35.5. The van der Waals surface area contributed by atoms with E-state index >= 15 is 0 Å². The molecule has 1 N–H and O–H groups in total. The van der Waals surface area contributed by atoms with E-state index in [9.17, 15) is 14.7 Å². The van der Waals surface area contributed by atoms with E-state index in [1.165, 1.54) is 10.7 Å². The number of carbonyl (C=O) groups is 2. The molecule has 0 aliphatic carbocycles. The van der Waals surface area contributed by atoms with Crippen LogP contribution in [0.5, 0.6) is 5.75 Å². The van der Waals surface area contributed by atoms with Crippen molar-refractivity contribution in [3.05, 3.63) is 46.7 Å². The van der Waals surface area contributed by atoms with Gasteiger partial charge < -0.3 is 14.6 Å². The minimum atomic E-state index is -1.24. The molecule has 2 aromatic heterocycles. The number of carboxylic acid groups (broad SMARTS) is 1. The van der Waals surface area contributed by atoms with E-state index in [1.54, 1.807) is 18.2 Å². The van der Waals surface area contributed by atoms with Crippen LogP contribution in [-0.4, -0.2) is 38.7 Å². The van der Waals surface area contributed by atoms with E-state index in [1.807, 2.05) is 33.8 Å². The van der Waals surface area contributed by atoms with Gasteiger partial charge in [0.1, 0.15) is 17.2 Å². The van der Waals surface area contributed by atoms with Crippen LogP contribution in [0.4, 0.5) is 16.3 Å². The molecule has 30 heavy (non-hydrogen) atoms. The number of hydrogen-bond acceptors (Lipinski definition) is 5. The van der Waals surface area contributed by atoms with E-state index in [4.69, 9.17) is 16.3 Å². The standard InChI is InChI=1S/C21H23ClN4O4/c1-5-30-13-6-7-16(15(12-13)21(2,3)4)25(20(28)29)19-14(9-11-27)18(22)24-17-8-10-23-26(17)19/h6-8,10-12H,5,9H2,1-4H3,(H,28,29). The summed E-state index contributed by atoms with van der Waals surface area (Å²) in [6.07, 6.45) is 0.805. The summed E-state index contributed by atoms with van der Waals surface area (Å²) in [4.78, 5) is 29.2. The average Bonchev–Trinajstić information content (AvgIpc) is 3.12. The number of carbonyl (C=O) groups excluding carboxylic acids is 1. The van der Waals surface area contributed by atoms with Gasteiger partial charge in [0.2, 0.25) is 0 Å². The summed E-state index contributed by atoms with van der Waals surface area (Å²) in [5.41, 5.74) is 1.42. The SMILES string of the molecule is CCOc1ccc(N(C(=O)O)c2c(CC=O)c(Cl)nc3ccnn23)c(C(C)(C)C)c1. The molecule has 0 aliphatic rings. The van der Waals surface area contributed by atoms with E-state index in [-0.39, 0.29) is 23.0 Å². The summed E-state index contributed by atoms with van der Waals surface area (Å²) < 4.78 is 7.00. The van der Waals surface area contributed by atoms with E-state index in [0.717, 1.165) is 10.5 Å². The van der Waals surface area contributed by atoms with Gasteiger partial charge >= 0.3 is 6.09 Å². The Labute approximate surface area is 179 Å². The number of halogens is 1. The fourth-order valence-corrected chi connectivity index (χ4v) is 3.54. The summed E-state index contributed by atoms with van der Waals surface area (Å²) in [7, 11) is 0. The third kappa shape index (κ3) is 3.95. The predicted octanol–water partition coefficient (Wildman–Crippen LogP) is 4.64. The van der Waals surface area contributed by atoms with Crippen molar-refractivity contribution >= 4 is 41.1 Å². The minimum Gasteiger partial charge on any atom is -0.494 e. The van der Waals surface area contributed by atoms with Crippen LogP contribution in [0.1, 0.15) is 38.8 Å². The molecule has 0 radical (unpaired) electrons. The first-order chi connectivity index (χ1) is 14.2. The van der Waals surface area contributed by atoms with Gasteiger partial charge in [0.05, 0.1) is 18.5 Å². The second-order valence-corrected chi connectivity index (χ2v) is 8.01. The molecule has 0 saturated heterocycles. The molecule has 2 heterocycles. The quantitative estimate of drug-likeness (QED) is 0.452. The molecule has 9 heteroatoms. The van der Waals surface area contributed by atoms with Crippen LogP contribution in [0, 0.1) is 0 Å². The van der Waals surface area contributed by atoms with Crippen LogP contribution in [0.3, 0.4) is 0 Å². The first kappa shape index (κ1) is 21.6. The Bertz CT molecular complexity index is 1100. The molecular formula is C21H23ClN4O4. The van der Waals surface area contributed by atoms with Gasteiger partial charge in [0.15, 0.2) is 11.5 Å². The van der Waals surface area contributed by atoms with Gasteiger partial charge in [0, 0.05) is 18.1 Å². The van der Waals surface area contributed by atoms with Crippen LogP contribution in [-0.2, 0) is 16.6 Å². The van der Waals surface area contributed by atoms with Crippen LogP contribution in [0.25, 0.3) is 5.65 Å². The van der Waals surface area contributed by atoms with Crippen LogP contribution >= 0.6 is 11.6 Å². The number of benzene rings is 1. The van der Waals surface area contributed by atoms with Crippen molar-refractivity contribution in [2.24, 2.45) is 0 Å². The highest BCUT2D eigenvalue weighted by Gasteiger charge is 2.31. The Morgan fingerprint density at radius 1 is 1.33 bits per heavy atom. The Balaban J connectivity index is 2.37. The first-order valence-corrected chi connectivity index (χ1v) is 9.83. The van der Waals surface area contributed by atoms with Gasteiger partial charge in [-0.2, -0.15) is 9.61 Å². The zero-order valence-corrected chi connectivity index (χ0v) is 18.0. The number of rotatable bonds is 6. The second kappa shape index (κ2) is 8.31. The van der Waals surface area contributed by atoms with Crippen molar-refractivity contribution in [1.82, 2.24) is 14.6 Å². The summed E-state index contributed by atoms with van der Waals surface area (Å²) in [6.45, 7) is 8.32. The smallest absolute Gasteiger partial charge is 0.417 e. The van der Waals surface area contributed by atoms with E-state index in [2.05, 4.69) is 10.1 Å². The molecule has 1 aromatic carbocycles. The highest BCUT2D eigenvalue weighted by Crippen LogP contribution is 2.40. The zero-order valence-electron chi connectivity index (χ0n) is 17.2. The molecule has 0 atom stereocenters. The number of nitrogens with zero attached hydrogens (tertiary/aromatic N) is 4. The maximum absolute atomic E-state index is 12.5. The number of hydrogen-bond donors (Lipinski definition) is 1. The van der Waals surface area contributed by atoms with E-state index in [0.29, 0.717) is 30.0 Å². The van der Waals surface area contributed by atoms with Gasteiger partial charge in [-0.3, -0.25) is 0 Å². The third-order valence-electron chi connectivity index (χ3n) is 4.57. The van der Waals surface area contributed by atoms with Gasteiger partial charge in [-0.25, -0.2) is 14.7 Å². The average molecular weight is 431 g/mol. The van der Waals surface area contributed by atoms with Crippen molar-refractivity contribution in [3.8, 4) is 5.75 Å². The highest BCUT2D eigenvalue weighted by molar-refractivity contribution is 6.31. The number of amides is 1. The maximum Gasteiger partial charge on any atom is 0.417 e. The van der Waals surface area contributed by atoms with Crippen LogP contribution < -0.4 is 9.64 Å². The lowest BCUT2D eigenvalue weighted by atomic mass is 9.85. The van der Waals surface area contributed by atoms with Gasteiger partial charge in [0.25, 0.3) is 0 Å². The molecule has 0 unspecified atom stereocenters. The predicted molar refractivity (Wildman–Crippen MR) is 114 cm³/mol. The number of aldehydes is 1. The Morgan fingerprint density at radius 2 is 2.07 bits per heavy atom. The van der Waals surface area contributed by atoms with Crippen molar-refractivity contribution in [3.63, 3.8) is 0 Å². The number of aromatic nitrogens is 3. The summed E-state index contributed by atoms with van der Waals surface area (Å²) in [5.74, 6) is 0.797. The Hall–Kier alpha value is -3.13. The monoisotopic (exact) mass is 430 g/mol. The molecule has 1 amide bonds. The third-order valence-corrected chi connectivity index (χ3v) is 4.89. The Kier molecular flexibility index (Phi) is 5.98. The number of ether oxygens (including phenoxy) is 1. The Morgan fingerprint density at radius 3 is 2.67 bits per heavy atom. The minimum absolute atomic E-state index is 0.0552. The zero-order chi connectivity index (χ0) is 22.1. The van der Waals surface area contributed by atoms with Crippen LogP contribution in [0.2, 0.25) is 5.15 Å². The van der Waals surface area contributed by atoms with Crippen molar-refractivity contribution < 1.29 is 19.4 Å². The summed E-state index contributed by atoms with van der Waals surface area (Å²) >= 11 is 6.33. The molecule has 158 valence electrons. The summed E-state index contributed by atoms with van der Waals surface area (Å²) in [5, 5.41) is 14.5. The van der Waals surface area contributed by atoms with Gasteiger partial charge in [-0.1, -0.05) is 32.4 Å². The van der Waals surface area contributed by atoms with Gasteiger partial charge in [-0.05, 0) is 36.1 Å². The van der Waals surface area contributed by atoms with Crippen molar-refractivity contribution in [2.75, 3.05) is 11.5 Å². The summed E-state index contributed by atoms with van der Waals surface area (Å²) in [6, 6.07) is 6.85. The van der Waals surface area contributed by atoms with E-state index < -0.39 is 11.5 Å². The molecule has 8 nitrogen and oxygen atoms in total.